The van der Waals surface area contributed by atoms with Crippen LogP contribution in [-0.4, -0.2) is 15.2 Å². The molecular formula is C15H15F3N2S. The third-order valence-electron chi connectivity index (χ3n) is 3.65. The monoisotopic (exact) mass is 312 g/mol. The normalized spacial score (nSPS) is 17.3. The van der Waals surface area contributed by atoms with Crippen LogP contribution in [-0.2, 0) is 6.18 Å². The Labute approximate surface area is 125 Å². The molecule has 1 heterocycles. The van der Waals surface area contributed by atoms with Gasteiger partial charge in [-0.2, -0.15) is 13.2 Å². The van der Waals surface area contributed by atoms with E-state index in [0.717, 1.165) is 25.7 Å². The Morgan fingerprint density at radius 2 is 1.71 bits per heavy atom. The van der Waals surface area contributed by atoms with Crippen molar-refractivity contribution in [1.82, 2.24) is 9.97 Å². The average Bonchev–Trinajstić information content (AvgIpc) is 2.47. The highest BCUT2D eigenvalue weighted by Crippen LogP contribution is 2.37. The highest BCUT2D eigenvalue weighted by atomic mass is 32.2. The number of nitrogens with zero attached hydrogens (tertiary/aromatic N) is 2. The van der Waals surface area contributed by atoms with Crippen LogP contribution >= 0.6 is 11.8 Å². The number of thioether (sulfide) groups is 1. The topological polar surface area (TPSA) is 25.8 Å². The molecular weight excluding hydrogens is 297 g/mol. The summed E-state index contributed by atoms with van der Waals surface area (Å²) in [6.07, 6.45) is 1.09. The molecule has 2 aromatic rings. The summed E-state index contributed by atoms with van der Waals surface area (Å²) in [5.74, 6) is -1.04. The maximum atomic E-state index is 12.9. The number of halogens is 3. The average molecular weight is 312 g/mol. The quantitative estimate of drug-likeness (QED) is 0.724. The van der Waals surface area contributed by atoms with E-state index in [2.05, 4.69) is 9.97 Å². The SMILES string of the molecule is FC(F)(F)c1nc(SC2CCCCC2)c2ccccc2n1. The molecule has 1 saturated carbocycles. The third kappa shape index (κ3) is 3.31. The van der Waals surface area contributed by atoms with Crippen LogP contribution in [0.3, 0.4) is 0 Å². The number of rotatable bonds is 2. The van der Waals surface area contributed by atoms with E-state index < -0.39 is 12.0 Å². The molecule has 1 aromatic heterocycles. The van der Waals surface area contributed by atoms with Crippen LogP contribution in [0.25, 0.3) is 10.9 Å². The Bertz CT molecular complexity index is 636. The van der Waals surface area contributed by atoms with Crippen molar-refractivity contribution in [3.05, 3.63) is 30.1 Å². The summed E-state index contributed by atoms with van der Waals surface area (Å²) in [6, 6.07) is 6.91. The van der Waals surface area contributed by atoms with Crippen molar-refractivity contribution in [3.8, 4) is 0 Å². The second-order valence-corrected chi connectivity index (χ2v) is 6.53. The van der Waals surface area contributed by atoms with Gasteiger partial charge in [-0.15, -0.1) is 11.8 Å². The summed E-state index contributed by atoms with van der Waals surface area (Å²) in [4.78, 5) is 7.44. The Balaban J connectivity index is 2.01. The number of hydrogen-bond acceptors (Lipinski definition) is 3. The zero-order chi connectivity index (χ0) is 14.9. The third-order valence-corrected chi connectivity index (χ3v) is 4.99. The predicted molar refractivity (Wildman–Crippen MR) is 77.3 cm³/mol. The van der Waals surface area contributed by atoms with Crippen molar-refractivity contribution in [3.63, 3.8) is 0 Å². The molecule has 1 aromatic carbocycles. The van der Waals surface area contributed by atoms with Gasteiger partial charge in [0.15, 0.2) is 0 Å². The number of fused-ring (bicyclic) bond motifs is 1. The summed E-state index contributed by atoms with van der Waals surface area (Å²) in [7, 11) is 0. The fourth-order valence-electron chi connectivity index (χ4n) is 2.60. The fraction of sp³-hybridized carbons (Fsp3) is 0.467. The molecule has 6 heteroatoms. The van der Waals surface area contributed by atoms with E-state index in [-0.39, 0.29) is 0 Å². The highest BCUT2D eigenvalue weighted by molar-refractivity contribution is 8.00. The van der Waals surface area contributed by atoms with E-state index in [1.54, 1.807) is 18.2 Å². The maximum absolute atomic E-state index is 12.9. The number of benzene rings is 1. The van der Waals surface area contributed by atoms with Crippen LogP contribution in [0, 0.1) is 0 Å². The Morgan fingerprint density at radius 3 is 2.43 bits per heavy atom. The molecule has 0 spiro atoms. The van der Waals surface area contributed by atoms with E-state index in [1.807, 2.05) is 6.07 Å². The molecule has 0 atom stereocenters. The maximum Gasteiger partial charge on any atom is 0.451 e. The molecule has 0 bridgehead atoms. The zero-order valence-corrected chi connectivity index (χ0v) is 12.2. The summed E-state index contributed by atoms with van der Waals surface area (Å²) in [5.41, 5.74) is 0.359. The molecule has 3 rings (SSSR count). The first kappa shape index (κ1) is 14.6. The van der Waals surface area contributed by atoms with Gasteiger partial charge < -0.3 is 0 Å². The fourth-order valence-corrected chi connectivity index (χ4v) is 3.93. The molecule has 21 heavy (non-hydrogen) atoms. The molecule has 2 nitrogen and oxygen atoms in total. The zero-order valence-electron chi connectivity index (χ0n) is 11.4. The standard InChI is InChI=1S/C15H15F3N2S/c16-15(17,18)14-19-12-9-5-4-8-11(12)13(20-14)21-10-6-2-1-3-7-10/h4-5,8-10H,1-3,6-7H2. The van der Waals surface area contributed by atoms with Crippen molar-refractivity contribution in [2.75, 3.05) is 0 Å². The predicted octanol–water partition coefficient (Wildman–Crippen LogP) is 5.07. The van der Waals surface area contributed by atoms with Crippen LogP contribution in [0.2, 0.25) is 0 Å². The van der Waals surface area contributed by atoms with Gasteiger partial charge in [0.1, 0.15) is 5.03 Å². The van der Waals surface area contributed by atoms with E-state index in [9.17, 15) is 13.2 Å². The minimum atomic E-state index is -4.51. The van der Waals surface area contributed by atoms with Gasteiger partial charge in [-0.1, -0.05) is 37.5 Å². The van der Waals surface area contributed by atoms with Crippen molar-refractivity contribution in [2.24, 2.45) is 0 Å². The van der Waals surface area contributed by atoms with E-state index in [1.165, 1.54) is 18.2 Å². The molecule has 0 amide bonds. The molecule has 1 aliphatic rings. The van der Waals surface area contributed by atoms with Crippen LogP contribution in [0.5, 0.6) is 0 Å². The highest BCUT2D eigenvalue weighted by Gasteiger charge is 2.35. The van der Waals surface area contributed by atoms with Gasteiger partial charge in [-0.3, -0.25) is 0 Å². The van der Waals surface area contributed by atoms with Gasteiger partial charge >= 0.3 is 6.18 Å². The first-order valence-corrected chi connectivity index (χ1v) is 7.92. The summed E-state index contributed by atoms with van der Waals surface area (Å²) in [5, 5.41) is 1.53. The Kier molecular flexibility index (Phi) is 4.06. The van der Waals surface area contributed by atoms with Crippen LogP contribution < -0.4 is 0 Å². The van der Waals surface area contributed by atoms with Gasteiger partial charge in [0.05, 0.1) is 5.52 Å². The van der Waals surface area contributed by atoms with Gasteiger partial charge in [0, 0.05) is 10.6 Å². The largest absolute Gasteiger partial charge is 0.451 e. The molecule has 0 N–H and O–H groups in total. The molecule has 1 aliphatic carbocycles. The minimum Gasteiger partial charge on any atom is -0.224 e. The van der Waals surface area contributed by atoms with Crippen LogP contribution in [0.4, 0.5) is 13.2 Å². The lowest BCUT2D eigenvalue weighted by Crippen LogP contribution is -2.13. The van der Waals surface area contributed by atoms with Gasteiger partial charge in [-0.05, 0) is 18.9 Å². The summed E-state index contributed by atoms with van der Waals surface area (Å²) < 4.78 is 38.8. The molecule has 0 saturated heterocycles. The second kappa shape index (κ2) is 5.83. The lowest BCUT2D eigenvalue weighted by Gasteiger charge is -2.21. The Hall–Kier alpha value is -1.30. The van der Waals surface area contributed by atoms with Crippen LogP contribution in [0.1, 0.15) is 37.9 Å². The van der Waals surface area contributed by atoms with E-state index >= 15 is 0 Å². The van der Waals surface area contributed by atoms with E-state index in [0.29, 0.717) is 21.2 Å². The minimum absolute atomic E-state index is 0.359. The lowest BCUT2D eigenvalue weighted by atomic mass is 10.0. The molecule has 112 valence electrons. The summed E-state index contributed by atoms with van der Waals surface area (Å²) in [6.45, 7) is 0. The van der Waals surface area contributed by atoms with Crippen molar-refractivity contribution in [1.29, 1.82) is 0 Å². The smallest absolute Gasteiger partial charge is 0.224 e. The Morgan fingerprint density at radius 1 is 1.00 bits per heavy atom. The number of aromatic nitrogens is 2. The van der Waals surface area contributed by atoms with Crippen molar-refractivity contribution in [2.45, 2.75) is 48.6 Å². The first-order valence-electron chi connectivity index (χ1n) is 7.05. The molecule has 1 fully saturated rings. The molecule has 0 aliphatic heterocycles. The van der Waals surface area contributed by atoms with Gasteiger partial charge in [-0.25, -0.2) is 9.97 Å². The van der Waals surface area contributed by atoms with E-state index in [4.69, 9.17) is 0 Å². The second-order valence-electron chi connectivity index (χ2n) is 5.25. The lowest BCUT2D eigenvalue weighted by molar-refractivity contribution is -0.145. The number of para-hydroxylation sites is 1. The molecule has 0 radical (unpaired) electrons. The van der Waals surface area contributed by atoms with Crippen molar-refractivity contribution >= 4 is 22.7 Å². The van der Waals surface area contributed by atoms with Crippen molar-refractivity contribution < 1.29 is 13.2 Å². The van der Waals surface area contributed by atoms with Gasteiger partial charge in [0.25, 0.3) is 0 Å². The van der Waals surface area contributed by atoms with Gasteiger partial charge in [0.2, 0.25) is 5.82 Å². The molecule has 0 unspecified atom stereocenters. The number of alkyl halides is 3. The summed E-state index contributed by atoms with van der Waals surface area (Å²) >= 11 is 1.47. The first-order chi connectivity index (χ1) is 10.0. The number of hydrogen-bond donors (Lipinski definition) is 0. The van der Waals surface area contributed by atoms with Crippen LogP contribution in [0.15, 0.2) is 29.3 Å².